The standard InChI is InChI=1S/C30H29F2NO6.C7H8O3S/c1-18-4-8-21(15-26(34)29(12-13-29)20-7-11-24-25(14-20)39-30(31,32)38-24)33-27(18)19-5-9-22(10-6-19)35-16-23-17-36-28(2,3)37-23;1-6-2-4-7(5-3-6)11(8,9)10/h4-11,14,23H,12-13,15-17H2,1-3H3;2-5H,1H3,(H,8,9,10)/t23-;/m1./s1. The molecule has 0 spiro atoms. The minimum Gasteiger partial charge on any atom is -0.491 e. The number of nitrogens with zero attached hydrogens (tertiary/aromatic N) is 1. The second-order valence-corrected chi connectivity index (χ2v) is 14.5. The van der Waals surface area contributed by atoms with Crippen molar-refractivity contribution in [3.8, 4) is 28.5 Å². The molecule has 3 aromatic carbocycles. The summed E-state index contributed by atoms with van der Waals surface area (Å²) >= 11 is 0. The van der Waals surface area contributed by atoms with Gasteiger partial charge in [0, 0.05) is 17.7 Å². The van der Waals surface area contributed by atoms with Crippen LogP contribution in [0.3, 0.4) is 0 Å². The first kappa shape index (κ1) is 35.4. The van der Waals surface area contributed by atoms with Crippen molar-refractivity contribution in [3.05, 3.63) is 101 Å². The van der Waals surface area contributed by atoms with Gasteiger partial charge in [0.15, 0.2) is 17.3 Å². The zero-order valence-electron chi connectivity index (χ0n) is 27.9. The number of Topliss-reactive ketones (excluding diaryl/α,β-unsaturated/α-hetero) is 1. The van der Waals surface area contributed by atoms with Gasteiger partial charge in [0.05, 0.1) is 22.6 Å². The van der Waals surface area contributed by atoms with Gasteiger partial charge in [-0.1, -0.05) is 29.8 Å². The van der Waals surface area contributed by atoms with Gasteiger partial charge in [-0.2, -0.15) is 8.42 Å². The summed E-state index contributed by atoms with van der Waals surface area (Å²) < 4.78 is 82.8. The van der Waals surface area contributed by atoms with E-state index in [1.54, 1.807) is 18.2 Å². The van der Waals surface area contributed by atoms with E-state index in [1.807, 2.05) is 64.1 Å². The molecule has 1 saturated carbocycles. The Morgan fingerprint density at radius 2 is 1.62 bits per heavy atom. The van der Waals surface area contributed by atoms with E-state index in [0.717, 1.165) is 22.4 Å². The van der Waals surface area contributed by atoms with Gasteiger partial charge in [-0.25, -0.2) is 0 Å². The molecule has 4 aromatic rings. The summed E-state index contributed by atoms with van der Waals surface area (Å²) in [6, 6.07) is 22.0. The minimum atomic E-state index is -4.02. The number of fused-ring (bicyclic) bond motifs is 1. The van der Waals surface area contributed by atoms with E-state index in [9.17, 15) is 22.0 Å². The van der Waals surface area contributed by atoms with Crippen LogP contribution in [0.4, 0.5) is 8.78 Å². The van der Waals surface area contributed by atoms with E-state index < -0.39 is 27.6 Å². The van der Waals surface area contributed by atoms with Crippen molar-refractivity contribution < 1.29 is 50.2 Å². The number of alkyl halides is 2. The van der Waals surface area contributed by atoms with Crippen LogP contribution < -0.4 is 14.2 Å². The normalized spacial score (nSPS) is 19.3. The number of aryl methyl sites for hydroxylation is 2. The number of rotatable bonds is 9. The predicted octanol–water partition coefficient (Wildman–Crippen LogP) is 6.99. The number of pyridine rings is 1. The number of halogens is 2. The van der Waals surface area contributed by atoms with Crippen LogP contribution >= 0.6 is 0 Å². The third-order valence-electron chi connectivity index (χ3n) is 8.68. The number of benzene rings is 3. The van der Waals surface area contributed by atoms with E-state index in [2.05, 4.69) is 9.47 Å². The van der Waals surface area contributed by atoms with Crippen LogP contribution in [-0.4, -0.2) is 55.1 Å². The maximum atomic E-state index is 13.5. The lowest BCUT2D eigenvalue weighted by molar-refractivity contribution is -0.286. The van der Waals surface area contributed by atoms with Crippen molar-refractivity contribution in [2.24, 2.45) is 0 Å². The quantitative estimate of drug-likeness (QED) is 0.182. The summed E-state index contributed by atoms with van der Waals surface area (Å²) in [5, 5.41) is 0. The van der Waals surface area contributed by atoms with E-state index in [4.69, 9.17) is 23.7 Å². The molecule has 0 bridgehead atoms. The zero-order chi connectivity index (χ0) is 35.9. The molecule has 1 aliphatic carbocycles. The van der Waals surface area contributed by atoms with Crippen molar-refractivity contribution in [2.45, 2.75) is 75.5 Å². The van der Waals surface area contributed by atoms with E-state index in [1.165, 1.54) is 24.3 Å². The zero-order valence-corrected chi connectivity index (χ0v) is 28.8. The van der Waals surface area contributed by atoms with Crippen molar-refractivity contribution in [3.63, 3.8) is 0 Å². The largest absolute Gasteiger partial charge is 0.586 e. The van der Waals surface area contributed by atoms with Crippen molar-refractivity contribution >= 4 is 15.9 Å². The number of hydrogen-bond acceptors (Lipinski definition) is 9. The van der Waals surface area contributed by atoms with Crippen LogP contribution in [0.1, 0.15) is 49.1 Å². The average Bonchev–Trinajstić information content (AvgIpc) is 3.70. The highest BCUT2D eigenvalue weighted by Gasteiger charge is 2.52. The van der Waals surface area contributed by atoms with Gasteiger partial charge in [-0.3, -0.25) is 14.3 Å². The molecule has 0 unspecified atom stereocenters. The third kappa shape index (κ3) is 8.13. The molecule has 7 rings (SSSR count). The SMILES string of the molecule is Cc1ccc(CC(=O)C2(c3ccc4c(c3)OC(F)(F)O4)CC2)nc1-c1ccc(OC[C@@H]2COC(C)(C)O2)cc1.Cc1ccc(S(=O)(=O)O)cc1. The van der Waals surface area contributed by atoms with Crippen LogP contribution in [0.5, 0.6) is 17.2 Å². The first-order valence-electron chi connectivity index (χ1n) is 16.0. The lowest BCUT2D eigenvalue weighted by atomic mass is 9.88. The first-order chi connectivity index (χ1) is 23.5. The van der Waals surface area contributed by atoms with Gasteiger partial charge in [0.25, 0.3) is 10.1 Å². The van der Waals surface area contributed by atoms with Gasteiger partial charge >= 0.3 is 6.29 Å². The molecule has 0 radical (unpaired) electrons. The lowest BCUT2D eigenvalue weighted by Gasteiger charge is -2.17. The lowest BCUT2D eigenvalue weighted by Crippen LogP contribution is -2.26. The minimum absolute atomic E-state index is 0.000431. The summed E-state index contributed by atoms with van der Waals surface area (Å²) in [6.45, 7) is 8.46. The Bertz CT molecular complexity index is 1990. The van der Waals surface area contributed by atoms with Gasteiger partial charge in [-0.15, -0.1) is 8.78 Å². The topological polar surface area (TPSA) is 130 Å². The monoisotopic (exact) mass is 709 g/mol. The molecule has 1 atom stereocenters. The fourth-order valence-electron chi connectivity index (χ4n) is 5.85. The maximum Gasteiger partial charge on any atom is 0.586 e. The summed E-state index contributed by atoms with van der Waals surface area (Å²) in [5.74, 6) is 0.0500. The van der Waals surface area contributed by atoms with Crippen LogP contribution in [0.15, 0.2) is 83.8 Å². The number of carbonyl (C=O) groups is 1. The Morgan fingerprint density at radius 3 is 2.24 bits per heavy atom. The average molecular weight is 710 g/mol. The second-order valence-electron chi connectivity index (χ2n) is 13.1. The first-order valence-corrected chi connectivity index (χ1v) is 17.5. The number of aromatic nitrogens is 1. The third-order valence-corrected chi connectivity index (χ3v) is 9.55. The molecule has 264 valence electrons. The molecule has 1 saturated heterocycles. The molecule has 10 nitrogen and oxygen atoms in total. The Hall–Kier alpha value is -4.43. The molecule has 1 aromatic heterocycles. The van der Waals surface area contributed by atoms with Crippen molar-refractivity contribution in [1.82, 2.24) is 4.98 Å². The van der Waals surface area contributed by atoms with Crippen LogP contribution in [-0.2, 0) is 36.2 Å². The fraction of sp³-hybridized carbons (Fsp3) is 0.351. The molecule has 3 heterocycles. The highest BCUT2D eigenvalue weighted by atomic mass is 32.2. The predicted molar refractivity (Wildman–Crippen MR) is 178 cm³/mol. The number of hydrogen-bond donors (Lipinski definition) is 1. The molecule has 2 fully saturated rings. The molecular formula is C37H37F2NO9S. The summed E-state index contributed by atoms with van der Waals surface area (Å²) in [5.41, 5.74) is 4.23. The van der Waals surface area contributed by atoms with Gasteiger partial charge in [-0.05, 0) is 106 Å². The molecule has 1 N–H and O–H groups in total. The summed E-state index contributed by atoms with van der Waals surface area (Å²) in [4.78, 5) is 18.2. The second kappa shape index (κ2) is 13.4. The molecule has 3 aliphatic rings. The molecular weight excluding hydrogens is 672 g/mol. The van der Waals surface area contributed by atoms with Crippen molar-refractivity contribution in [2.75, 3.05) is 13.2 Å². The van der Waals surface area contributed by atoms with Crippen molar-refractivity contribution in [1.29, 1.82) is 0 Å². The van der Waals surface area contributed by atoms with Gasteiger partial charge < -0.3 is 23.7 Å². The summed E-state index contributed by atoms with van der Waals surface area (Å²) in [6.07, 6.45) is -2.37. The van der Waals surface area contributed by atoms with Crippen LogP contribution in [0.25, 0.3) is 11.3 Å². The van der Waals surface area contributed by atoms with Crippen LogP contribution in [0.2, 0.25) is 0 Å². The number of carbonyl (C=O) groups excluding carboxylic acids is 1. The molecule has 0 amide bonds. The number of ketones is 1. The van der Waals surface area contributed by atoms with Gasteiger partial charge in [0.2, 0.25) is 0 Å². The highest BCUT2D eigenvalue weighted by molar-refractivity contribution is 7.85. The van der Waals surface area contributed by atoms with E-state index >= 15 is 0 Å². The Morgan fingerprint density at radius 1 is 0.940 bits per heavy atom. The maximum absolute atomic E-state index is 13.5. The number of ether oxygens (including phenoxy) is 5. The van der Waals surface area contributed by atoms with Crippen LogP contribution in [0, 0.1) is 13.8 Å². The Labute approximate surface area is 289 Å². The highest BCUT2D eigenvalue weighted by Crippen LogP contribution is 2.52. The van der Waals surface area contributed by atoms with E-state index in [-0.39, 0.29) is 34.7 Å². The smallest absolute Gasteiger partial charge is 0.491 e. The fourth-order valence-corrected chi connectivity index (χ4v) is 6.33. The Balaban J connectivity index is 0.000000336. The molecule has 2 aliphatic heterocycles. The summed E-state index contributed by atoms with van der Waals surface area (Å²) in [7, 11) is -4.02. The van der Waals surface area contributed by atoms with Gasteiger partial charge in [0.1, 0.15) is 24.2 Å². The molecule has 13 heteroatoms. The Kier molecular flexibility index (Phi) is 9.46. The van der Waals surface area contributed by atoms with E-state index in [0.29, 0.717) is 43.1 Å². The molecule has 50 heavy (non-hydrogen) atoms.